The van der Waals surface area contributed by atoms with Gasteiger partial charge in [-0.05, 0) is 38.0 Å². The van der Waals surface area contributed by atoms with E-state index in [0.717, 1.165) is 31.4 Å². The summed E-state index contributed by atoms with van der Waals surface area (Å²) >= 11 is 0. The Kier molecular flexibility index (Phi) is 5.43. The molecule has 1 saturated carbocycles. The Hall–Kier alpha value is -2.69. The topological polar surface area (TPSA) is 62.3 Å². The van der Waals surface area contributed by atoms with Gasteiger partial charge >= 0.3 is 0 Å². The maximum Gasteiger partial charge on any atom is 0.259 e. The third kappa shape index (κ3) is 4.05. The fraction of sp³-hybridized carbons (Fsp3) is 0.350. The summed E-state index contributed by atoms with van der Waals surface area (Å²) in [5.74, 6) is -0.312. The molecule has 2 amide bonds. The van der Waals surface area contributed by atoms with E-state index in [1.807, 2.05) is 37.3 Å². The minimum atomic E-state index is -0.156. The SMILES string of the molecule is CCN(C(=O)c1cncc(C(=O)NC2CCCC2)c1)c1ccccc1. The summed E-state index contributed by atoms with van der Waals surface area (Å²) in [6.45, 7) is 2.47. The van der Waals surface area contributed by atoms with Gasteiger partial charge in [0, 0.05) is 30.7 Å². The fourth-order valence-electron chi connectivity index (χ4n) is 3.23. The summed E-state index contributed by atoms with van der Waals surface area (Å²) in [7, 11) is 0. The van der Waals surface area contributed by atoms with Crippen LogP contribution >= 0.6 is 0 Å². The van der Waals surface area contributed by atoms with Gasteiger partial charge in [0.05, 0.1) is 11.1 Å². The van der Waals surface area contributed by atoms with E-state index < -0.39 is 0 Å². The lowest BCUT2D eigenvalue weighted by Crippen LogP contribution is -2.33. The molecule has 0 unspecified atom stereocenters. The van der Waals surface area contributed by atoms with Gasteiger partial charge in [-0.1, -0.05) is 31.0 Å². The molecule has 25 heavy (non-hydrogen) atoms. The van der Waals surface area contributed by atoms with E-state index >= 15 is 0 Å². The lowest BCUT2D eigenvalue weighted by Gasteiger charge is -2.21. The average molecular weight is 337 g/mol. The van der Waals surface area contributed by atoms with Gasteiger partial charge in [0.25, 0.3) is 11.8 Å². The van der Waals surface area contributed by atoms with Crippen molar-refractivity contribution in [3.05, 3.63) is 59.9 Å². The minimum Gasteiger partial charge on any atom is -0.349 e. The number of pyridine rings is 1. The minimum absolute atomic E-state index is 0.156. The van der Waals surface area contributed by atoms with Crippen molar-refractivity contribution in [2.75, 3.05) is 11.4 Å². The largest absolute Gasteiger partial charge is 0.349 e. The first-order valence-corrected chi connectivity index (χ1v) is 8.82. The van der Waals surface area contributed by atoms with Crippen LogP contribution in [0.1, 0.15) is 53.3 Å². The number of rotatable bonds is 5. The smallest absolute Gasteiger partial charge is 0.259 e. The number of carbonyl (C=O) groups is 2. The van der Waals surface area contributed by atoms with Gasteiger partial charge in [-0.15, -0.1) is 0 Å². The molecule has 2 aromatic rings. The highest BCUT2D eigenvalue weighted by Crippen LogP contribution is 2.19. The van der Waals surface area contributed by atoms with Crippen LogP contribution in [0, 0.1) is 0 Å². The van der Waals surface area contributed by atoms with Crippen LogP contribution in [-0.2, 0) is 0 Å². The molecule has 1 aromatic carbocycles. The van der Waals surface area contributed by atoms with E-state index in [-0.39, 0.29) is 17.9 Å². The number of amides is 2. The number of hydrogen-bond acceptors (Lipinski definition) is 3. The van der Waals surface area contributed by atoms with Crippen LogP contribution in [0.5, 0.6) is 0 Å². The summed E-state index contributed by atoms with van der Waals surface area (Å²) in [6.07, 6.45) is 7.39. The molecular formula is C20H23N3O2. The Balaban J connectivity index is 1.77. The Morgan fingerprint density at radius 3 is 2.48 bits per heavy atom. The quantitative estimate of drug-likeness (QED) is 0.909. The molecule has 1 N–H and O–H groups in total. The van der Waals surface area contributed by atoms with E-state index in [0.29, 0.717) is 17.7 Å². The van der Waals surface area contributed by atoms with Crippen LogP contribution in [0.25, 0.3) is 0 Å². The van der Waals surface area contributed by atoms with Gasteiger partial charge in [-0.25, -0.2) is 0 Å². The predicted molar refractivity (Wildman–Crippen MR) is 97.8 cm³/mol. The van der Waals surface area contributed by atoms with Crippen molar-refractivity contribution in [1.82, 2.24) is 10.3 Å². The molecule has 5 heteroatoms. The van der Waals surface area contributed by atoms with E-state index in [2.05, 4.69) is 10.3 Å². The number of hydrogen-bond donors (Lipinski definition) is 1. The maximum atomic E-state index is 12.8. The van der Waals surface area contributed by atoms with Gasteiger partial charge in [-0.2, -0.15) is 0 Å². The second-order valence-corrected chi connectivity index (χ2v) is 6.30. The standard InChI is InChI=1S/C20H23N3O2/c1-2-23(18-10-4-3-5-11-18)20(25)16-12-15(13-21-14-16)19(24)22-17-8-6-7-9-17/h3-5,10-14,17H,2,6-9H2,1H3,(H,22,24). The highest BCUT2D eigenvalue weighted by molar-refractivity contribution is 6.07. The zero-order valence-electron chi connectivity index (χ0n) is 14.4. The summed E-state index contributed by atoms with van der Waals surface area (Å²) in [6, 6.07) is 11.4. The Morgan fingerprint density at radius 1 is 1.12 bits per heavy atom. The third-order valence-electron chi connectivity index (χ3n) is 4.57. The van der Waals surface area contributed by atoms with Gasteiger partial charge in [0.1, 0.15) is 0 Å². The van der Waals surface area contributed by atoms with E-state index in [1.165, 1.54) is 12.4 Å². The van der Waals surface area contributed by atoms with Crippen molar-refractivity contribution >= 4 is 17.5 Å². The van der Waals surface area contributed by atoms with Crippen LogP contribution in [0.2, 0.25) is 0 Å². The number of nitrogens with zero attached hydrogens (tertiary/aromatic N) is 2. The molecule has 0 aliphatic heterocycles. The third-order valence-corrected chi connectivity index (χ3v) is 4.57. The van der Waals surface area contributed by atoms with Gasteiger partial charge in [0.15, 0.2) is 0 Å². The molecular weight excluding hydrogens is 314 g/mol. The molecule has 1 fully saturated rings. The van der Waals surface area contributed by atoms with Crippen LogP contribution < -0.4 is 10.2 Å². The molecule has 1 aliphatic rings. The predicted octanol–water partition coefficient (Wildman–Crippen LogP) is 3.42. The van der Waals surface area contributed by atoms with E-state index in [4.69, 9.17) is 0 Å². The van der Waals surface area contributed by atoms with Crippen molar-refractivity contribution in [3.8, 4) is 0 Å². The first-order valence-electron chi connectivity index (χ1n) is 8.82. The first-order chi connectivity index (χ1) is 12.2. The van der Waals surface area contributed by atoms with Crippen molar-refractivity contribution in [2.45, 2.75) is 38.6 Å². The summed E-state index contributed by atoms with van der Waals surface area (Å²) < 4.78 is 0. The number of para-hydroxylation sites is 1. The van der Waals surface area contributed by atoms with Gasteiger partial charge in [-0.3, -0.25) is 14.6 Å². The van der Waals surface area contributed by atoms with Crippen molar-refractivity contribution in [1.29, 1.82) is 0 Å². The van der Waals surface area contributed by atoms with Crippen molar-refractivity contribution in [3.63, 3.8) is 0 Å². The van der Waals surface area contributed by atoms with E-state index in [9.17, 15) is 9.59 Å². The number of nitrogens with one attached hydrogen (secondary N) is 1. The normalized spacial score (nSPS) is 14.3. The first kappa shape index (κ1) is 17.1. The molecule has 130 valence electrons. The Morgan fingerprint density at radius 2 is 1.80 bits per heavy atom. The highest BCUT2D eigenvalue weighted by atomic mass is 16.2. The second kappa shape index (κ2) is 7.92. The maximum absolute atomic E-state index is 12.8. The Bertz CT molecular complexity index is 740. The summed E-state index contributed by atoms with van der Waals surface area (Å²) in [5.41, 5.74) is 1.68. The van der Waals surface area contributed by atoms with Crippen LogP contribution in [0.15, 0.2) is 48.8 Å². The lowest BCUT2D eigenvalue weighted by atomic mass is 10.1. The zero-order valence-corrected chi connectivity index (χ0v) is 14.4. The van der Waals surface area contributed by atoms with Crippen molar-refractivity contribution in [2.24, 2.45) is 0 Å². The molecule has 3 rings (SSSR count). The summed E-state index contributed by atoms with van der Waals surface area (Å²) in [5, 5.41) is 3.03. The average Bonchev–Trinajstić information content (AvgIpc) is 3.16. The van der Waals surface area contributed by atoms with Gasteiger partial charge in [0.2, 0.25) is 0 Å². The molecule has 0 radical (unpaired) electrons. The van der Waals surface area contributed by atoms with Crippen LogP contribution in [0.3, 0.4) is 0 Å². The highest BCUT2D eigenvalue weighted by Gasteiger charge is 2.20. The molecule has 0 saturated heterocycles. The molecule has 0 bridgehead atoms. The number of anilines is 1. The summed E-state index contributed by atoms with van der Waals surface area (Å²) in [4.78, 5) is 31.0. The molecule has 5 nitrogen and oxygen atoms in total. The van der Waals surface area contributed by atoms with Crippen LogP contribution in [-0.4, -0.2) is 29.4 Å². The zero-order chi connectivity index (χ0) is 17.6. The number of carbonyl (C=O) groups excluding carboxylic acids is 2. The molecule has 0 spiro atoms. The fourth-order valence-corrected chi connectivity index (χ4v) is 3.23. The molecule has 0 atom stereocenters. The van der Waals surface area contributed by atoms with E-state index in [1.54, 1.807) is 11.0 Å². The van der Waals surface area contributed by atoms with Crippen LogP contribution in [0.4, 0.5) is 5.69 Å². The molecule has 1 aliphatic carbocycles. The monoisotopic (exact) mass is 337 g/mol. The number of aromatic nitrogens is 1. The van der Waals surface area contributed by atoms with Gasteiger partial charge < -0.3 is 10.2 Å². The molecule has 1 aromatic heterocycles. The lowest BCUT2D eigenvalue weighted by molar-refractivity contribution is 0.0937. The second-order valence-electron chi connectivity index (χ2n) is 6.30. The molecule has 1 heterocycles. The Labute approximate surface area is 148 Å². The van der Waals surface area contributed by atoms with Crippen molar-refractivity contribution < 1.29 is 9.59 Å². The number of benzene rings is 1.